The summed E-state index contributed by atoms with van der Waals surface area (Å²) in [6.07, 6.45) is 1.46. The maximum absolute atomic E-state index is 12.2. The van der Waals surface area contributed by atoms with E-state index in [0.29, 0.717) is 6.42 Å². The van der Waals surface area contributed by atoms with Crippen LogP contribution in [0.5, 0.6) is 0 Å². The van der Waals surface area contributed by atoms with E-state index in [4.69, 9.17) is 4.28 Å². The minimum Gasteiger partial charge on any atom is -0.202 e. The molecule has 1 heterocycles. The zero-order valence-corrected chi connectivity index (χ0v) is 14.8. The lowest BCUT2D eigenvalue weighted by Gasteiger charge is -2.30. The third-order valence-corrected chi connectivity index (χ3v) is 5.99. The second kappa shape index (κ2) is 6.55. The van der Waals surface area contributed by atoms with Gasteiger partial charge in [0.05, 0.1) is 17.1 Å². The van der Waals surface area contributed by atoms with Crippen LogP contribution >= 0.6 is 11.8 Å². The fourth-order valence-electron chi connectivity index (χ4n) is 2.47. The summed E-state index contributed by atoms with van der Waals surface area (Å²) in [6, 6.07) is 13.7. The second-order valence-corrected chi connectivity index (χ2v) is 8.11. The van der Waals surface area contributed by atoms with E-state index in [9.17, 15) is 8.42 Å². The van der Waals surface area contributed by atoms with E-state index in [0.717, 1.165) is 27.6 Å². The van der Waals surface area contributed by atoms with Gasteiger partial charge in [-0.05, 0) is 42.7 Å². The number of benzene rings is 2. The van der Waals surface area contributed by atoms with Crippen molar-refractivity contribution in [3.63, 3.8) is 0 Å². The van der Waals surface area contributed by atoms with E-state index in [1.165, 1.54) is 10.6 Å². The van der Waals surface area contributed by atoms with Crippen LogP contribution in [0.1, 0.15) is 25.8 Å². The van der Waals surface area contributed by atoms with Crippen LogP contribution in [-0.4, -0.2) is 14.2 Å². The summed E-state index contributed by atoms with van der Waals surface area (Å²) in [6.45, 7) is 3.92. The molecule has 4 nitrogen and oxygen atoms in total. The predicted octanol–water partition coefficient (Wildman–Crippen LogP) is 4.52. The van der Waals surface area contributed by atoms with Crippen molar-refractivity contribution in [3.8, 4) is 0 Å². The summed E-state index contributed by atoms with van der Waals surface area (Å²) in [5.41, 5.74) is 2.74. The number of aryl methyl sites for hydroxylation is 1. The van der Waals surface area contributed by atoms with Gasteiger partial charge in [-0.25, -0.2) is 5.06 Å². The molecule has 0 N–H and O–H groups in total. The first kappa shape index (κ1) is 16.4. The first-order valence-corrected chi connectivity index (χ1v) is 10.1. The Morgan fingerprint density at radius 1 is 1.04 bits per heavy atom. The van der Waals surface area contributed by atoms with Crippen LogP contribution in [0, 0.1) is 0 Å². The van der Waals surface area contributed by atoms with Crippen molar-refractivity contribution in [1.29, 1.82) is 0 Å². The minimum absolute atomic E-state index is 0.00118. The van der Waals surface area contributed by atoms with E-state index in [2.05, 4.69) is 13.0 Å². The lowest BCUT2D eigenvalue weighted by molar-refractivity contribution is 0.319. The summed E-state index contributed by atoms with van der Waals surface area (Å²) < 4.78 is 29.8. The van der Waals surface area contributed by atoms with Gasteiger partial charge in [-0.1, -0.05) is 43.8 Å². The quantitative estimate of drug-likeness (QED) is 0.794. The molecule has 0 saturated carbocycles. The number of para-hydroxylation sites is 1. The van der Waals surface area contributed by atoms with Gasteiger partial charge < -0.3 is 0 Å². The van der Waals surface area contributed by atoms with E-state index < -0.39 is 10.1 Å². The molecule has 2 aromatic rings. The van der Waals surface area contributed by atoms with Crippen molar-refractivity contribution < 1.29 is 12.7 Å². The smallest absolute Gasteiger partial charge is 0.202 e. The number of hydrogen-bond acceptors (Lipinski definition) is 5. The number of nitrogens with zero attached hydrogens (tertiary/aromatic N) is 1. The molecule has 0 bridgehead atoms. The van der Waals surface area contributed by atoms with Crippen LogP contribution in [0.2, 0.25) is 0 Å². The average Bonchev–Trinajstić information content (AvgIpc) is 2.53. The van der Waals surface area contributed by atoms with Crippen LogP contribution in [0.15, 0.2) is 52.3 Å². The highest BCUT2D eigenvalue weighted by molar-refractivity contribution is 7.99. The van der Waals surface area contributed by atoms with Crippen LogP contribution in [-0.2, 0) is 20.8 Å². The van der Waals surface area contributed by atoms with E-state index in [1.54, 1.807) is 11.8 Å². The Bertz CT molecular complexity index is 818. The summed E-state index contributed by atoms with van der Waals surface area (Å²) in [5.74, 6) is 0.00118. The third-order valence-electron chi connectivity index (χ3n) is 3.60. The number of anilines is 2. The maximum atomic E-state index is 12.2. The highest BCUT2D eigenvalue weighted by Gasteiger charge is 2.28. The first-order chi connectivity index (χ1) is 11.0. The van der Waals surface area contributed by atoms with Crippen LogP contribution in [0.3, 0.4) is 0 Å². The maximum Gasteiger partial charge on any atom is 0.288 e. The van der Waals surface area contributed by atoms with Crippen molar-refractivity contribution in [2.45, 2.75) is 36.5 Å². The highest BCUT2D eigenvalue weighted by Crippen LogP contribution is 2.48. The Hall–Kier alpha value is -1.50. The SMILES string of the molecule is CCCS(=O)(=O)ON1c2ccccc2Sc2cc(CC)ccc21. The normalized spacial score (nSPS) is 13.6. The van der Waals surface area contributed by atoms with Crippen LogP contribution in [0.4, 0.5) is 11.4 Å². The Morgan fingerprint density at radius 2 is 1.78 bits per heavy atom. The fraction of sp³-hybridized carbons (Fsp3) is 0.294. The van der Waals surface area contributed by atoms with Crippen molar-refractivity contribution in [2.24, 2.45) is 0 Å². The topological polar surface area (TPSA) is 46.6 Å². The molecular formula is C17H19NO3S2. The molecule has 0 amide bonds. The lowest BCUT2D eigenvalue weighted by atomic mass is 10.1. The molecule has 2 aromatic carbocycles. The van der Waals surface area contributed by atoms with Gasteiger partial charge in [-0.2, -0.15) is 8.42 Å². The molecule has 0 radical (unpaired) electrons. The molecule has 23 heavy (non-hydrogen) atoms. The predicted molar refractivity (Wildman–Crippen MR) is 93.7 cm³/mol. The molecule has 0 atom stereocenters. The summed E-state index contributed by atoms with van der Waals surface area (Å²) in [4.78, 5) is 2.00. The van der Waals surface area contributed by atoms with Gasteiger partial charge in [0.25, 0.3) is 10.1 Å². The minimum atomic E-state index is -3.62. The van der Waals surface area contributed by atoms with Crippen molar-refractivity contribution in [1.82, 2.24) is 0 Å². The van der Waals surface area contributed by atoms with E-state index in [-0.39, 0.29) is 5.75 Å². The summed E-state index contributed by atoms with van der Waals surface area (Å²) >= 11 is 1.64. The van der Waals surface area contributed by atoms with Gasteiger partial charge in [0, 0.05) is 9.79 Å². The monoisotopic (exact) mass is 349 g/mol. The molecule has 0 fully saturated rings. The van der Waals surface area contributed by atoms with Gasteiger partial charge >= 0.3 is 0 Å². The molecule has 1 aliphatic heterocycles. The molecule has 6 heteroatoms. The zero-order valence-electron chi connectivity index (χ0n) is 13.2. The highest BCUT2D eigenvalue weighted by atomic mass is 32.2. The van der Waals surface area contributed by atoms with Crippen molar-refractivity contribution in [2.75, 3.05) is 10.8 Å². The van der Waals surface area contributed by atoms with E-state index >= 15 is 0 Å². The summed E-state index contributed by atoms with van der Waals surface area (Å²) in [7, 11) is -3.62. The average molecular weight is 349 g/mol. The fourth-order valence-corrected chi connectivity index (χ4v) is 4.54. The Labute approximate surface area is 141 Å². The molecule has 0 unspecified atom stereocenters. The largest absolute Gasteiger partial charge is 0.288 e. The molecule has 0 aliphatic carbocycles. The van der Waals surface area contributed by atoms with Gasteiger partial charge in [0.15, 0.2) is 0 Å². The van der Waals surface area contributed by atoms with Gasteiger partial charge in [-0.15, -0.1) is 4.28 Å². The zero-order chi connectivity index (χ0) is 16.4. The number of hydrogen-bond donors (Lipinski definition) is 0. The molecular weight excluding hydrogens is 330 g/mol. The van der Waals surface area contributed by atoms with Crippen molar-refractivity contribution in [3.05, 3.63) is 48.0 Å². The van der Waals surface area contributed by atoms with Crippen LogP contribution in [0.25, 0.3) is 0 Å². The Morgan fingerprint density at radius 3 is 2.52 bits per heavy atom. The van der Waals surface area contributed by atoms with E-state index in [1.807, 2.05) is 43.3 Å². The van der Waals surface area contributed by atoms with Gasteiger partial charge in [-0.3, -0.25) is 0 Å². The first-order valence-electron chi connectivity index (χ1n) is 7.66. The molecule has 0 spiro atoms. The van der Waals surface area contributed by atoms with Gasteiger partial charge in [0.1, 0.15) is 0 Å². The number of rotatable bonds is 5. The van der Waals surface area contributed by atoms with Gasteiger partial charge in [0.2, 0.25) is 0 Å². The second-order valence-electron chi connectivity index (χ2n) is 5.36. The number of fused-ring (bicyclic) bond motifs is 2. The lowest BCUT2D eigenvalue weighted by Crippen LogP contribution is -2.26. The molecule has 122 valence electrons. The Kier molecular flexibility index (Phi) is 4.66. The third kappa shape index (κ3) is 3.39. The summed E-state index contributed by atoms with van der Waals surface area (Å²) in [5, 5.41) is 1.45. The molecule has 0 aromatic heterocycles. The van der Waals surface area contributed by atoms with Crippen molar-refractivity contribution >= 4 is 33.3 Å². The Balaban J connectivity index is 2.08. The molecule has 3 rings (SSSR count). The molecule has 1 aliphatic rings. The van der Waals surface area contributed by atoms with Crippen LogP contribution < -0.4 is 5.06 Å². The molecule has 0 saturated heterocycles. The standard InChI is InChI=1S/C17H19NO3S2/c1-3-11-23(19,20)21-18-14-7-5-6-8-16(14)22-17-12-13(4-2)9-10-15(17)18/h5-10,12H,3-4,11H2,1-2H3.